The largest absolute Gasteiger partial charge is 0.356 e. The topological polar surface area (TPSA) is 21.1 Å². The molecule has 0 amide bonds. The lowest BCUT2D eigenvalue weighted by Crippen LogP contribution is -2.39. The van der Waals surface area contributed by atoms with Crippen molar-refractivity contribution < 1.29 is 8.78 Å². The molecule has 25 heavy (non-hydrogen) atoms. The molecule has 1 aliphatic heterocycles. The van der Waals surface area contributed by atoms with Crippen molar-refractivity contribution in [3.63, 3.8) is 0 Å². The van der Waals surface area contributed by atoms with Crippen LogP contribution in [0.3, 0.4) is 0 Å². The van der Waals surface area contributed by atoms with Gasteiger partial charge in [0.1, 0.15) is 5.69 Å². The molecule has 1 aromatic heterocycles. The number of rotatable bonds is 2. The van der Waals surface area contributed by atoms with Gasteiger partial charge in [0.2, 0.25) is 0 Å². The zero-order valence-electron chi connectivity index (χ0n) is 15.2. The second kappa shape index (κ2) is 6.54. The van der Waals surface area contributed by atoms with Crippen LogP contribution in [0.2, 0.25) is 0 Å². The van der Waals surface area contributed by atoms with E-state index in [0.29, 0.717) is 11.3 Å². The van der Waals surface area contributed by atoms with Crippen molar-refractivity contribution >= 4 is 29.2 Å². The number of hydrogen-bond donors (Lipinski definition) is 0. The third-order valence-electron chi connectivity index (χ3n) is 4.14. The van der Waals surface area contributed by atoms with Crippen LogP contribution in [0.5, 0.6) is 0 Å². The molecule has 1 aromatic carbocycles. The van der Waals surface area contributed by atoms with Gasteiger partial charge in [-0.25, -0.2) is 0 Å². The molecule has 0 N–H and O–H groups in total. The maximum Gasteiger partial charge on any atom is 0.356 e. The summed E-state index contributed by atoms with van der Waals surface area (Å²) < 4.78 is 30.7. The highest BCUT2D eigenvalue weighted by Crippen LogP contribution is 2.50. The number of hydrogen-bond acceptors (Lipinski definition) is 2. The lowest BCUT2D eigenvalue weighted by molar-refractivity contribution is -0.00366. The summed E-state index contributed by atoms with van der Waals surface area (Å²) in [5.74, 6) is 0.0875. The minimum Gasteiger partial charge on any atom is -0.311 e. The second-order valence-electron chi connectivity index (χ2n) is 6.22. The number of alkyl halides is 2. The molecule has 0 atom stereocenters. The summed E-state index contributed by atoms with van der Waals surface area (Å²) in [6.45, 7) is 7.92. The average molecular weight is 337 g/mol. The molecule has 0 spiro atoms. The summed E-state index contributed by atoms with van der Waals surface area (Å²) in [6.07, 6.45) is 1.11. The molecule has 2 aromatic rings. The van der Waals surface area contributed by atoms with Gasteiger partial charge in [0.15, 0.2) is 0 Å². The molecule has 126 valence electrons. The van der Waals surface area contributed by atoms with Crippen LogP contribution in [0.15, 0.2) is 24.4 Å². The fraction of sp³-hybridized carbons (Fsp3) is 0.471. The first-order chi connectivity index (χ1) is 11.5. The van der Waals surface area contributed by atoms with E-state index in [-0.39, 0.29) is 17.2 Å². The van der Waals surface area contributed by atoms with Gasteiger partial charge in [-0.15, -0.1) is 0 Å². The number of para-hydroxylation sites is 1. The smallest absolute Gasteiger partial charge is 0.311 e. The van der Waals surface area contributed by atoms with Gasteiger partial charge < -0.3 is 4.90 Å². The predicted octanol–water partition coefficient (Wildman–Crippen LogP) is 3.27. The van der Waals surface area contributed by atoms with Gasteiger partial charge in [0.25, 0.3) is 0 Å². The van der Waals surface area contributed by atoms with Crippen LogP contribution in [-0.2, 0) is 11.3 Å². The third-order valence-corrected chi connectivity index (χ3v) is 4.14. The Balaban J connectivity index is 0.00000109. The van der Waals surface area contributed by atoms with Crippen LogP contribution >= 0.6 is 0 Å². The van der Waals surface area contributed by atoms with E-state index in [2.05, 4.69) is 5.10 Å². The monoisotopic (exact) mass is 337 g/mol. The molecule has 0 fully saturated rings. The highest BCUT2D eigenvalue weighted by atomic mass is 19.3. The van der Waals surface area contributed by atoms with Gasteiger partial charge >= 0.3 is 6.05 Å². The summed E-state index contributed by atoms with van der Waals surface area (Å²) in [4.78, 5) is 0.969. The molecule has 0 aliphatic carbocycles. The molecule has 0 saturated heterocycles. The Hall–Kier alpha value is -1.72. The molecule has 3 rings (SSSR count). The van der Waals surface area contributed by atoms with Crippen LogP contribution in [0.4, 0.5) is 14.5 Å². The van der Waals surface area contributed by atoms with E-state index in [4.69, 9.17) is 23.5 Å². The molecule has 6 radical (unpaired) electrons. The molecular weight excluding hydrogens is 317 g/mol. The van der Waals surface area contributed by atoms with Gasteiger partial charge in [0, 0.05) is 18.8 Å². The number of anilines is 1. The Morgan fingerprint density at radius 1 is 1.16 bits per heavy atom. The highest BCUT2D eigenvalue weighted by molar-refractivity contribution is 6.56. The minimum atomic E-state index is -3.24. The molecule has 8 heteroatoms. The predicted molar refractivity (Wildman–Crippen MR) is 101 cm³/mol. The van der Waals surface area contributed by atoms with Crippen LogP contribution in [0.25, 0.3) is 11.3 Å². The van der Waals surface area contributed by atoms with E-state index in [1.807, 2.05) is 39.8 Å². The first-order valence-corrected chi connectivity index (χ1v) is 8.27. The number of aromatic nitrogens is 2. The summed E-state index contributed by atoms with van der Waals surface area (Å²) >= 11 is 0. The molecule has 0 unspecified atom stereocenters. The van der Waals surface area contributed by atoms with Crippen molar-refractivity contribution in [2.24, 2.45) is 0 Å². The van der Waals surface area contributed by atoms with Gasteiger partial charge in [-0.1, -0.05) is 45.9 Å². The van der Waals surface area contributed by atoms with E-state index in [1.54, 1.807) is 6.07 Å². The summed E-state index contributed by atoms with van der Waals surface area (Å²) in [5, 5.41) is 2.28. The van der Waals surface area contributed by atoms with Gasteiger partial charge in [-0.2, -0.15) is 13.9 Å². The molecule has 0 bridgehead atoms. The Morgan fingerprint density at radius 3 is 2.28 bits per heavy atom. The molecule has 1 aliphatic rings. The number of nitrogens with zero attached hydrogens (tertiary/aromatic N) is 3. The Kier molecular flexibility index (Phi) is 5.13. The first-order valence-electron chi connectivity index (χ1n) is 8.27. The second-order valence-corrected chi connectivity index (χ2v) is 6.22. The number of fused-ring (bicyclic) bond motifs is 3. The van der Waals surface area contributed by atoms with Crippen molar-refractivity contribution in [2.45, 2.75) is 44.9 Å². The Bertz CT molecular complexity index is 767. The standard InChI is InChI=1S/C15H14B3F2N3.C2H6/c1-8(2)9-5-4-6-10-12-11(7-23(21-12)15(16,17)18)14(19,20)22(3)13(9)10;1-2/h4-8H,1-3H3;1-2H3. The quantitative estimate of drug-likeness (QED) is 0.620. The van der Waals surface area contributed by atoms with Crippen molar-refractivity contribution in [1.82, 2.24) is 9.78 Å². The molecule has 0 saturated carbocycles. The lowest BCUT2D eigenvalue weighted by atomic mass is 9.49. The fourth-order valence-electron chi connectivity index (χ4n) is 2.91. The maximum absolute atomic E-state index is 14.9. The van der Waals surface area contributed by atoms with Gasteiger partial charge in [0.05, 0.1) is 34.8 Å². The zero-order chi connectivity index (χ0) is 19.2. The number of benzene rings is 1. The van der Waals surface area contributed by atoms with Gasteiger partial charge in [-0.3, -0.25) is 4.68 Å². The first kappa shape index (κ1) is 19.6. The van der Waals surface area contributed by atoms with Crippen LogP contribution in [0.1, 0.15) is 44.7 Å². The van der Waals surface area contributed by atoms with E-state index in [0.717, 1.165) is 21.3 Å². The van der Waals surface area contributed by atoms with E-state index < -0.39 is 11.3 Å². The van der Waals surface area contributed by atoms with Crippen LogP contribution < -0.4 is 4.90 Å². The van der Waals surface area contributed by atoms with Crippen molar-refractivity contribution in [3.8, 4) is 11.3 Å². The summed E-state index contributed by atoms with van der Waals surface area (Å²) in [7, 11) is 18.1. The third kappa shape index (κ3) is 3.11. The maximum atomic E-state index is 14.9. The highest BCUT2D eigenvalue weighted by Gasteiger charge is 2.47. The lowest BCUT2D eigenvalue weighted by Gasteiger charge is -2.36. The SMILES string of the molecule is CC.[B]C([B])([B])n1cc2c(n1)-c1cccc(C(C)C)c1N(C)C2(F)F. The van der Waals surface area contributed by atoms with E-state index >= 15 is 0 Å². The normalized spacial score (nSPS) is 15.3. The molecule has 3 nitrogen and oxygen atoms in total. The zero-order valence-corrected chi connectivity index (χ0v) is 15.2. The van der Waals surface area contributed by atoms with Crippen LogP contribution in [-0.4, -0.2) is 40.4 Å². The van der Waals surface area contributed by atoms with Crippen molar-refractivity contribution in [3.05, 3.63) is 35.5 Å². The Morgan fingerprint density at radius 2 is 1.76 bits per heavy atom. The van der Waals surface area contributed by atoms with E-state index in [9.17, 15) is 8.78 Å². The minimum absolute atomic E-state index is 0.0875. The van der Waals surface area contributed by atoms with E-state index in [1.165, 1.54) is 7.05 Å². The van der Waals surface area contributed by atoms with Gasteiger partial charge in [-0.05, 0) is 16.7 Å². The average Bonchev–Trinajstić information content (AvgIpc) is 3.01. The van der Waals surface area contributed by atoms with Crippen molar-refractivity contribution in [2.75, 3.05) is 11.9 Å². The molecular formula is C17H20B3F2N3. The summed E-state index contributed by atoms with van der Waals surface area (Å²) in [6, 6.07) is 2.19. The molecule has 2 heterocycles. The van der Waals surface area contributed by atoms with Crippen molar-refractivity contribution in [1.29, 1.82) is 0 Å². The fourth-order valence-corrected chi connectivity index (χ4v) is 2.91. The number of halogens is 2. The Labute approximate surface area is 152 Å². The summed E-state index contributed by atoms with van der Waals surface area (Å²) in [5.41, 5.74) is 1.78. The van der Waals surface area contributed by atoms with Crippen LogP contribution in [0, 0.1) is 0 Å².